The number of aromatic nitrogens is 3. The van der Waals surface area contributed by atoms with E-state index in [2.05, 4.69) is 17.0 Å². The first-order valence-electron chi connectivity index (χ1n) is 3.37. The third-order valence-corrected chi connectivity index (χ3v) is 1.23. The molecule has 1 aromatic heterocycles. The molecule has 1 aromatic rings. The Balaban J connectivity index is 2.74. The molecule has 3 nitrogen and oxygen atoms in total. The molecule has 54 valence electrons. The molecule has 0 aliphatic rings. The highest BCUT2D eigenvalue weighted by atomic mass is 15.3. The van der Waals surface area contributed by atoms with Crippen LogP contribution in [0.5, 0.6) is 0 Å². The maximum Gasteiger partial charge on any atom is 0.138 e. The zero-order chi connectivity index (χ0) is 7.40. The highest BCUT2D eigenvalue weighted by molar-refractivity contribution is 5.20. The molecular formula is C7H11N3. The summed E-state index contributed by atoms with van der Waals surface area (Å²) in [6.45, 7) is 4.01. The van der Waals surface area contributed by atoms with Crippen molar-refractivity contribution in [1.29, 1.82) is 0 Å². The molecule has 0 saturated carbocycles. The number of allylic oxidation sites excluding steroid dienone is 1. The van der Waals surface area contributed by atoms with Gasteiger partial charge in [0.25, 0.3) is 0 Å². The molecule has 1 heterocycles. The molecular weight excluding hydrogens is 126 g/mol. The van der Waals surface area contributed by atoms with Crippen LogP contribution in [0.1, 0.15) is 19.2 Å². The summed E-state index contributed by atoms with van der Waals surface area (Å²) in [5, 5.41) is 3.97. The van der Waals surface area contributed by atoms with Gasteiger partial charge in [-0.1, -0.05) is 13.0 Å². The molecule has 0 N–H and O–H groups in total. The lowest BCUT2D eigenvalue weighted by Crippen LogP contribution is -1.90. The van der Waals surface area contributed by atoms with Crippen LogP contribution in [0.4, 0.5) is 0 Å². The van der Waals surface area contributed by atoms with Crippen LogP contribution < -0.4 is 0 Å². The molecule has 0 saturated heterocycles. The van der Waals surface area contributed by atoms with Gasteiger partial charge in [-0.2, -0.15) is 5.10 Å². The minimum Gasteiger partial charge on any atom is -0.226 e. The predicted molar refractivity (Wildman–Crippen MR) is 40.4 cm³/mol. The largest absolute Gasteiger partial charge is 0.226 e. The lowest BCUT2D eigenvalue weighted by molar-refractivity contribution is 0.886. The topological polar surface area (TPSA) is 30.7 Å². The van der Waals surface area contributed by atoms with E-state index in [1.165, 1.54) is 0 Å². The van der Waals surface area contributed by atoms with Crippen molar-refractivity contribution in [2.24, 2.45) is 0 Å². The van der Waals surface area contributed by atoms with Gasteiger partial charge in [-0.3, -0.25) is 0 Å². The second-order valence-electron chi connectivity index (χ2n) is 2.04. The number of hydrogen-bond donors (Lipinski definition) is 0. The SMILES string of the molecule is CC/C=C\n1ncnc1C. The van der Waals surface area contributed by atoms with E-state index in [1.54, 1.807) is 11.0 Å². The van der Waals surface area contributed by atoms with E-state index in [1.807, 2.05) is 19.2 Å². The van der Waals surface area contributed by atoms with Crippen molar-refractivity contribution in [3.05, 3.63) is 18.2 Å². The second-order valence-corrected chi connectivity index (χ2v) is 2.04. The van der Waals surface area contributed by atoms with Gasteiger partial charge in [-0.15, -0.1) is 0 Å². The fourth-order valence-corrected chi connectivity index (χ4v) is 0.659. The van der Waals surface area contributed by atoms with Crippen molar-refractivity contribution in [2.45, 2.75) is 20.3 Å². The Labute approximate surface area is 60.4 Å². The first kappa shape index (κ1) is 6.99. The third kappa shape index (κ3) is 1.43. The zero-order valence-corrected chi connectivity index (χ0v) is 6.28. The molecule has 1 rings (SSSR count). The quantitative estimate of drug-likeness (QED) is 0.618. The summed E-state index contributed by atoms with van der Waals surface area (Å²) in [5.41, 5.74) is 0. The van der Waals surface area contributed by atoms with E-state index in [4.69, 9.17) is 0 Å². The second kappa shape index (κ2) is 3.15. The predicted octanol–water partition coefficient (Wildman–Crippen LogP) is 1.47. The highest BCUT2D eigenvalue weighted by Crippen LogP contribution is 1.91. The van der Waals surface area contributed by atoms with Crippen molar-refractivity contribution in [2.75, 3.05) is 0 Å². The van der Waals surface area contributed by atoms with Gasteiger partial charge >= 0.3 is 0 Å². The average molecular weight is 137 g/mol. The fourth-order valence-electron chi connectivity index (χ4n) is 0.659. The molecule has 0 bridgehead atoms. The van der Waals surface area contributed by atoms with E-state index in [-0.39, 0.29) is 0 Å². The standard InChI is InChI=1S/C7H11N3/c1-3-4-5-10-7(2)8-6-9-10/h4-6H,3H2,1-2H3/b5-4-. The summed E-state index contributed by atoms with van der Waals surface area (Å²) in [5.74, 6) is 0.921. The third-order valence-electron chi connectivity index (χ3n) is 1.23. The van der Waals surface area contributed by atoms with Gasteiger partial charge in [0, 0.05) is 6.20 Å². The summed E-state index contributed by atoms with van der Waals surface area (Å²) in [6.07, 6.45) is 6.54. The van der Waals surface area contributed by atoms with E-state index in [9.17, 15) is 0 Å². The highest BCUT2D eigenvalue weighted by Gasteiger charge is 1.89. The van der Waals surface area contributed by atoms with Crippen LogP contribution >= 0.6 is 0 Å². The summed E-state index contributed by atoms with van der Waals surface area (Å²) in [7, 11) is 0. The van der Waals surface area contributed by atoms with Gasteiger partial charge in [0.1, 0.15) is 12.2 Å². The van der Waals surface area contributed by atoms with Crippen molar-refractivity contribution in [3.8, 4) is 0 Å². The van der Waals surface area contributed by atoms with E-state index < -0.39 is 0 Å². The fraction of sp³-hybridized carbons (Fsp3) is 0.429. The van der Waals surface area contributed by atoms with E-state index in [0.717, 1.165) is 12.2 Å². The Morgan fingerprint density at radius 1 is 1.70 bits per heavy atom. The Kier molecular flexibility index (Phi) is 2.20. The molecule has 3 heteroatoms. The molecule has 0 fully saturated rings. The van der Waals surface area contributed by atoms with Crippen LogP contribution in [0.25, 0.3) is 6.20 Å². The van der Waals surface area contributed by atoms with Gasteiger partial charge in [0.05, 0.1) is 0 Å². The minimum atomic E-state index is 0.921. The molecule has 0 aromatic carbocycles. The van der Waals surface area contributed by atoms with Gasteiger partial charge in [-0.25, -0.2) is 9.67 Å². The Morgan fingerprint density at radius 3 is 3.00 bits per heavy atom. The van der Waals surface area contributed by atoms with Crippen LogP contribution in [-0.2, 0) is 0 Å². The molecule has 0 amide bonds. The maximum absolute atomic E-state index is 3.97. The number of rotatable bonds is 2. The van der Waals surface area contributed by atoms with Gasteiger partial charge < -0.3 is 0 Å². The zero-order valence-electron chi connectivity index (χ0n) is 6.28. The molecule has 10 heavy (non-hydrogen) atoms. The summed E-state index contributed by atoms with van der Waals surface area (Å²) in [6, 6.07) is 0. The Hall–Kier alpha value is -1.12. The Bertz CT molecular complexity index is 225. The molecule has 0 atom stereocenters. The monoisotopic (exact) mass is 137 g/mol. The van der Waals surface area contributed by atoms with Gasteiger partial charge in [0.2, 0.25) is 0 Å². The van der Waals surface area contributed by atoms with Gasteiger partial charge in [-0.05, 0) is 13.3 Å². The van der Waals surface area contributed by atoms with E-state index in [0.29, 0.717) is 0 Å². The first-order valence-corrected chi connectivity index (χ1v) is 3.37. The van der Waals surface area contributed by atoms with Crippen LogP contribution in [0.15, 0.2) is 12.4 Å². The normalized spacial score (nSPS) is 11.0. The molecule has 0 spiro atoms. The van der Waals surface area contributed by atoms with Crippen LogP contribution in [0.3, 0.4) is 0 Å². The first-order chi connectivity index (χ1) is 4.84. The Morgan fingerprint density at radius 2 is 2.50 bits per heavy atom. The summed E-state index contributed by atoms with van der Waals surface area (Å²) < 4.78 is 1.75. The van der Waals surface area contributed by atoms with Crippen molar-refractivity contribution in [1.82, 2.24) is 14.8 Å². The number of hydrogen-bond acceptors (Lipinski definition) is 2. The average Bonchev–Trinajstić information content (AvgIpc) is 2.31. The van der Waals surface area contributed by atoms with Crippen LogP contribution in [0.2, 0.25) is 0 Å². The van der Waals surface area contributed by atoms with Crippen LogP contribution in [-0.4, -0.2) is 14.8 Å². The number of aryl methyl sites for hydroxylation is 1. The number of nitrogens with zero attached hydrogens (tertiary/aromatic N) is 3. The molecule has 0 radical (unpaired) electrons. The molecule has 0 aliphatic heterocycles. The summed E-state index contributed by atoms with van der Waals surface area (Å²) >= 11 is 0. The van der Waals surface area contributed by atoms with Crippen molar-refractivity contribution in [3.63, 3.8) is 0 Å². The van der Waals surface area contributed by atoms with Gasteiger partial charge in [0.15, 0.2) is 0 Å². The lowest BCUT2D eigenvalue weighted by atomic mass is 10.5. The van der Waals surface area contributed by atoms with E-state index >= 15 is 0 Å². The van der Waals surface area contributed by atoms with Crippen molar-refractivity contribution < 1.29 is 0 Å². The van der Waals surface area contributed by atoms with Crippen LogP contribution in [0, 0.1) is 6.92 Å². The minimum absolute atomic E-state index is 0.921. The smallest absolute Gasteiger partial charge is 0.138 e. The molecule has 0 aliphatic carbocycles. The lowest BCUT2D eigenvalue weighted by Gasteiger charge is -1.90. The van der Waals surface area contributed by atoms with Crippen molar-refractivity contribution >= 4 is 6.20 Å². The molecule has 0 unspecified atom stereocenters. The maximum atomic E-state index is 3.97. The summed E-state index contributed by atoms with van der Waals surface area (Å²) in [4.78, 5) is 3.97.